The molecule has 0 bridgehead atoms. The molecular weight excluding hydrogens is 192 g/mol. The average molecular weight is 207 g/mol. The van der Waals surface area contributed by atoms with Gasteiger partial charge in [0.1, 0.15) is 0 Å². The smallest absolute Gasteiger partial charge is 0.182 e. The third-order valence-corrected chi connectivity index (χ3v) is 2.03. The lowest BCUT2D eigenvalue weighted by Gasteiger charge is -2.26. The number of ether oxygens (including phenoxy) is 2. The van der Waals surface area contributed by atoms with Crippen LogP contribution < -0.4 is 5.32 Å². The van der Waals surface area contributed by atoms with E-state index in [-0.39, 0.29) is 18.7 Å². The zero-order valence-corrected chi connectivity index (χ0v) is 8.47. The standard InChI is InChI=1S/C8H14N2O2.ClH/c1-10-5-7(4-9-6-10)8-11-2-3-12-8;/h4,8-9H,2-3,5-6H2,1H3;1H. The topological polar surface area (TPSA) is 33.7 Å². The first-order valence-corrected chi connectivity index (χ1v) is 4.20. The minimum absolute atomic E-state index is 0. The molecule has 0 atom stereocenters. The quantitative estimate of drug-likeness (QED) is 0.663. The third kappa shape index (κ3) is 2.57. The zero-order chi connectivity index (χ0) is 8.39. The predicted molar refractivity (Wildman–Crippen MR) is 51.7 cm³/mol. The van der Waals surface area contributed by atoms with Crippen LogP contribution in [0.2, 0.25) is 0 Å². The van der Waals surface area contributed by atoms with Crippen molar-refractivity contribution in [1.82, 2.24) is 10.2 Å². The molecule has 0 unspecified atom stereocenters. The number of likely N-dealkylation sites (N-methyl/N-ethyl adjacent to an activating group) is 1. The normalized spacial score (nSPS) is 24.8. The molecule has 4 nitrogen and oxygen atoms in total. The first kappa shape index (κ1) is 10.8. The largest absolute Gasteiger partial charge is 0.378 e. The van der Waals surface area contributed by atoms with E-state index in [4.69, 9.17) is 9.47 Å². The Hall–Kier alpha value is -0.290. The molecular formula is C8H15ClN2O2. The van der Waals surface area contributed by atoms with Crippen LogP contribution in [0.3, 0.4) is 0 Å². The Morgan fingerprint density at radius 3 is 2.77 bits per heavy atom. The summed E-state index contributed by atoms with van der Waals surface area (Å²) >= 11 is 0. The molecule has 0 amide bonds. The number of halogens is 1. The fraction of sp³-hybridized carbons (Fsp3) is 0.750. The van der Waals surface area contributed by atoms with Gasteiger partial charge in [-0.25, -0.2) is 0 Å². The molecule has 2 rings (SSSR count). The first-order chi connectivity index (χ1) is 5.86. The number of nitrogens with one attached hydrogen (secondary N) is 1. The second-order valence-corrected chi connectivity index (χ2v) is 3.17. The van der Waals surface area contributed by atoms with E-state index < -0.39 is 0 Å². The van der Waals surface area contributed by atoms with Gasteiger partial charge in [-0.2, -0.15) is 0 Å². The molecule has 0 aliphatic carbocycles. The second kappa shape index (κ2) is 4.81. The maximum Gasteiger partial charge on any atom is 0.182 e. The molecule has 76 valence electrons. The Labute approximate surface area is 84.3 Å². The molecule has 0 aromatic heterocycles. The molecule has 1 fully saturated rings. The van der Waals surface area contributed by atoms with Crippen LogP contribution in [0, 0.1) is 0 Å². The lowest BCUT2D eigenvalue weighted by molar-refractivity contribution is -0.0172. The maximum absolute atomic E-state index is 5.38. The molecule has 0 radical (unpaired) electrons. The maximum atomic E-state index is 5.38. The van der Waals surface area contributed by atoms with Crippen LogP contribution in [0.4, 0.5) is 0 Å². The highest BCUT2D eigenvalue weighted by molar-refractivity contribution is 5.85. The van der Waals surface area contributed by atoms with E-state index in [9.17, 15) is 0 Å². The highest BCUT2D eigenvalue weighted by Gasteiger charge is 2.23. The van der Waals surface area contributed by atoms with Gasteiger partial charge in [-0.15, -0.1) is 12.4 Å². The molecule has 1 N–H and O–H groups in total. The van der Waals surface area contributed by atoms with Crippen molar-refractivity contribution >= 4 is 12.4 Å². The van der Waals surface area contributed by atoms with Gasteiger partial charge in [-0.3, -0.25) is 4.90 Å². The number of hydrogen-bond acceptors (Lipinski definition) is 4. The molecule has 13 heavy (non-hydrogen) atoms. The molecule has 1 saturated heterocycles. The minimum atomic E-state index is -0.111. The summed E-state index contributed by atoms with van der Waals surface area (Å²) in [5.41, 5.74) is 1.18. The Morgan fingerprint density at radius 2 is 2.15 bits per heavy atom. The van der Waals surface area contributed by atoms with Gasteiger partial charge >= 0.3 is 0 Å². The first-order valence-electron chi connectivity index (χ1n) is 4.20. The van der Waals surface area contributed by atoms with E-state index in [1.54, 1.807) is 0 Å². The molecule has 0 aromatic carbocycles. The Morgan fingerprint density at radius 1 is 1.46 bits per heavy atom. The summed E-state index contributed by atoms with van der Waals surface area (Å²) in [4.78, 5) is 2.18. The van der Waals surface area contributed by atoms with E-state index in [1.807, 2.05) is 6.20 Å². The average Bonchev–Trinajstić information content (AvgIpc) is 2.56. The molecule has 5 heteroatoms. The summed E-state index contributed by atoms with van der Waals surface area (Å²) < 4.78 is 10.8. The SMILES string of the molecule is CN1CNC=C(C2OCCO2)C1.Cl. The van der Waals surface area contributed by atoms with Crippen molar-refractivity contribution in [3.63, 3.8) is 0 Å². The van der Waals surface area contributed by atoms with Crippen molar-refractivity contribution in [2.75, 3.05) is 33.5 Å². The van der Waals surface area contributed by atoms with E-state index in [0.717, 1.165) is 13.2 Å². The van der Waals surface area contributed by atoms with Crippen molar-refractivity contribution in [1.29, 1.82) is 0 Å². The highest BCUT2D eigenvalue weighted by Crippen LogP contribution is 2.15. The van der Waals surface area contributed by atoms with Crippen molar-refractivity contribution in [2.45, 2.75) is 6.29 Å². The zero-order valence-electron chi connectivity index (χ0n) is 7.66. The molecule has 2 heterocycles. The summed E-state index contributed by atoms with van der Waals surface area (Å²) in [7, 11) is 2.06. The molecule has 0 aromatic rings. The van der Waals surface area contributed by atoms with E-state index in [0.29, 0.717) is 13.2 Å². The van der Waals surface area contributed by atoms with Gasteiger partial charge in [0.05, 0.1) is 19.9 Å². The van der Waals surface area contributed by atoms with E-state index in [1.165, 1.54) is 5.57 Å². The van der Waals surface area contributed by atoms with Gasteiger partial charge in [0.2, 0.25) is 0 Å². The van der Waals surface area contributed by atoms with Gasteiger partial charge in [-0.1, -0.05) is 0 Å². The summed E-state index contributed by atoms with van der Waals surface area (Å²) in [5.74, 6) is 0. The van der Waals surface area contributed by atoms with Gasteiger partial charge in [0.25, 0.3) is 0 Å². The molecule has 2 aliphatic heterocycles. The highest BCUT2D eigenvalue weighted by atomic mass is 35.5. The molecule has 0 spiro atoms. The van der Waals surface area contributed by atoms with Crippen LogP contribution >= 0.6 is 12.4 Å². The summed E-state index contributed by atoms with van der Waals surface area (Å²) in [6, 6.07) is 0. The van der Waals surface area contributed by atoms with Crippen LogP contribution in [0.1, 0.15) is 0 Å². The Bertz CT molecular complexity index is 193. The van der Waals surface area contributed by atoms with Crippen LogP contribution in [0.5, 0.6) is 0 Å². The number of rotatable bonds is 1. The van der Waals surface area contributed by atoms with Crippen LogP contribution in [0.15, 0.2) is 11.8 Å². The van der Waals surface area contributed by atoms with Crippen molar-refractivity contribution in [3.8, 4) is 0 Å². The summed E-state index contributed by atoms with van der Waals surface area (Å²) in [6.07, 6.45) is 1.89. The number of hydrogen-bond donors (Lipinski definition) is 1. The summed E-state index contributed by atoms with van der Waals surface area (Å²) in [5, 5.41) is 3.17. The van der Waals surface area contributed by atoms with Crippen molar-refractivity contribution < 1.29 is 9.47 Å². The van der Waals surface area contributed by atoms with E-state index in [2.05, 4.69) is 17.3 Å². The van der Waals surface area contributed by atoms with E-state index >= 15 is 0 Å². The van der Waals surface area contributed by atoms with Gasteiger partial charge in [0, 0.05) is 18.3 Å². The Balaban J connectivity index is 0.000000845. The predicted octanol–water partition coefficient (Wildman–Crippen LogP) is 0.157. The van der Waals surface area contributed by atoms with Crippen LogP contribution in [-0.4, -0.2) is 44.7 Å². The van der Waals surface area contributed by atoms with Crippen LogP contribution in [0.25, 0.3) is 0 Å². The molecule has 0 saturated carbocycles. The molecule has 2 aliphatic rings. The van der Waals surface area contributed by atoms with Gasteiger partial charge < -0.3 is 14.8 Å². The minimum Gasteiger partial charge on any atom is -0.378 e. The van der Waals surface area contributed by atoms with Gasteiger partial charge in [0.15, 0.2) is 6.29 Å². The van der Waals surface area contributed by atoms with Crippen LogP contribution in [-0.2, 0) is 9.47 Å². The second-order valence-electron chi connectivity index (χ2n) is 3.17. The lowest BCUT2D eigenvalue weighted by Crippen LogP contribution is -2.38. The van der Waals surface area contributed by atoms with Crippen molar-refractivity contribution in [3.05, 3.63) is 11.8 Å². The Kier molecular flexibility index (Phi) is 3.99. The van der Waals surface area contributed by atoms with Crippen molar-refractivity contribution in [2.24, 2.45) is 0 Å². The summed E-state index contributed by atoms with van der Waals surface area (Å²) in [6.45, 7) is 3.26. The monoisotopic (exact) mass is 206 g/mol. The fourth-order valence-corrected chi connectivity index (χ4v) is 1.46. The third-order valence-electron chi connectivity index (χ3n) is 2.03. The van der Waals surface area contributed by atoms with Gasteiger partial charge in [-0.05, 0) is 7.05 Å². The lowest BCUT2D eigenvalue weighted by atomic mass is 10.2. The number of nitrogens with zero attached hydrogens (tertiary/aromatic N) is 1. The fourth-order valence-electron chi connectivity index (χ4n) is 1.46.